The minimum absolute atomic E-state index is 0.264. The fraction of sp³-hybridized carbons (Fsp3) is 1.00. The van der Waals surface area contributed by atoms with E-state index in [1.807, 2.05) is 0 Å². The smallest absolute Gasteiger partial charge is 0.0768 e. The summed E-state index contributed by atoms with van der Waals surface area (Å²) in [5.41, 5.74) is -0.264. The highest BCUT2D eigenvalue weighted by Crippen LogP contribution is 2.50. The second-order valence-electron chi connectivity index (χ2n) is 3.73. The second kappa shape index (κ2) is 2.42. The van der Waals surface area contributed by atoms with E-state index in [0.29, 0.717) is 5.23 Å². The number of hydroxylamine groups is 2. The molecule has 0 unspecified atom stereocenters. The summed E-state index contributed by atoms with van der Waals surface area (Å²) in [6.45, 7) is 0. The fourth-order valence-corrected chi connectivity index (χ4v) is 2.52. The van der Waals surface area contributed by atoms with Crippen LogP contribution in [0.25, 0.3) is 0 Å². The van der Waals surface area contributed by atoms with Gasteiger partial charge in [-0.1, -0.05) is 0 Å². The van der Waals surface area contributed by atoms with Gasteiger partial charge in [0.1, 0.15) is 0 Å². The Hall–Kier alpha value is -0.160. The lowest BCUT2D eigenvalue weighted by molar-refractivity contribution is -0.521. The van der Waals surface area contributed by atoms with Crippen LogP contribution in [0.15, 0.2) is 0 Å². The van der Waals surface area contributed by atoms with Crippen molar-refractivity contribution < 1.29 is 15.5 Å². The minimum Gasteiger partial charge on any atom is -0.287 e. The number of hydrogen-bond donors (Lipinski definition) is 2. The second-order valence-corrected chi connectivity index (χ2v) is 3.73. The maximum absolute atomic E-state index is 9.20. The molecule has 2 bridgehead atoms. The van der Waals surface area contributed by atoms with Crippen LogP contribution < -0.4 is 0 Å². The Morgan fingerprint density at radius 1 is 1.36 bits per heavy atom. The first-order chi connectivity index (χ1) is 5.27. The third-order valence-electron chi connectivity index (χ3n) is 3.19. The summed E-state index contributed by atoms with van der Waals surface area (Å²) in [4.78, 5) is 3.84. The van der Waals surface area contributed by atoms with Gasteiger partial charge in [-0.05, 0) is 43.2 Å². The van der Waals surface area contributed by atoms with Crippen LogP contribution in [0.4, 0.5) is 0 Å². The molecule has 2 rings (SSSR count). The van der Waals surface area contributed by atoms with Crippen LogP contribution in [0.1, 0.15) is 32.1 Å². The largest absolute Gasteiger partial charge is 0.287 e. The molecule has 2 saturated carbocycles. The molecule has 2 N–H and O–H groups in total. The highest BCUT2D eigenvalue weighted by Gasteiger charge is 2.50. The molecule has 0 radical (unpaired) electrons. The van der Waals surface area contributed by atoms with E-state index in [2.05, 4.69) is 4.99 Å². The molecule has 0 aliphatic heterocycles. The van der Waals surface area contributed by atoms with E-state index in [0.717, 1.165) is 38.0 Å². The molecule has 4 nitrogen and oxygen atoms in total. The van der Waals surface area contributed by atoms with Crippen molar-refractivity contribution in [3.8, 4) is 0 Å². The highest BCUT2D eigenvalue weighted by atomic mass is 17.3. The Kier molecular flexibility index (Phi) is 1.64. The van der Waals surface area contributed by atoms with E-state index in [1.54, 1.807) is 0 Å². The third-order valence-corrected chi connectivity index (χ3v) is 3.19. The number of rotatable bonds is 2. The average Bonchev–Trinajstić information content (AvgIpc) is 2.62. The molecule has 0 heterocycles. The molecule has 2 aliphatic carbocycles. The quantitative estimate of drug-likeness (QED) is 0.472. The van der Waals surface area contributed by atoms with Gasteiger partial charge in [0.2, 0.25) is 0 Å². The van der Waals surface area contributed by atoms with Crippen molar-refractivity contribution in [2.24, 2.45) is 5.92 Å². The van der Waals surface area contributed by atoms with E-state index >= 15 is 0 Å². The van der Waals surface area contributed by atoms with Crippen LogP contribution in [-0.2, 0) is 4.99 Å². The molecule has 2 fully saturated rings. The summed E-state index contributed by atoms with van der Waals surface area (Å²) in [5, 5.41) is 18.1. The van der Waals surface area contributed by atoms with Crippen molar-refractivity contribution in [2.75, 3.05) is 0 Å². The molecule has 0 amide bonds. The molecule has 0 aromatic rings. The van der Waals surface area contributed by atoms with Crippen LogP contribution in [0, 0.1) is 5.92 Å². The number of hydrogen-bond acceptors (Lipinski definition) is 4. The third kappa shape index (κ3) is 0.980. The van der Waals surface area contributed by atoms with Gasteiger partial charge in [0.05, 0.1) is 5.54 Å². The van der Waals surface area contributed by atoms with Gasteiger partial charge in [-0.3, -0.25) is 5.21 Å². The zero-order valence-electron chi connectivity index (χ0n) is 6.36. The summed E-state index contributed by atoms with van der Waals surface area (Å²) in [7, 11) is 0. The molecule has 0 atom stereocenters. The van der Waals surface area contributed by atoms with Crippen molar-refractivity contribution in [2.45, 2.75) is 37.6 Å². The summed E-state index contributed by atoms with van der Waals surface area (Å²) in [6.07, 6.45) is 5.15. The number of fused-ring (bicyclic) bond motifs is 2. The van der Waals surface area contributed by atoms with Gasteiger partial charge < -0.3 is 0 Å². The van der Waals surface area contributed by atoms with Gasteiger partial charge in [-0.2, -0.15) is 0 Å². The van der Waals surface area contributed by atoms with Gasteiger partial charge in [0.15, 0.2) is 0 Å². The van der Waals surface area contributed by atoms with Gasteiger partial charge >= 0.3 is 0 Å². The molecule has 64 valence electrons. The van der Waals surface area contributed by atoms with E-state index in [1.165, 1.54) is 0 Å². The zero-order chi connectivity index (χ0) is 7.90. The van der Waals surface area contributed by atoms with Gasteiger partial charge in [0, 0.05) is 0 Å². The first-order valence-corrected chi connectivity index (χ1v) is 4.07. The summed E-state index contributed by atoms with van der Waals surface area (Å²) in [5.74, 6) is 0.736. The van der Waals surface area contributed by atoms with Gasteiger partial charge in [-0.15, -0.1) is 4.99 Å². The first kappa shape index (κ1) is 7.49. The Morgan fingerprint density at radius 2 is 2.00 bits per heavy atom. The van der Waals surface area contributed by atoms with Crippen molar-refractivity contribution >= 4 is 0 Å². The SMILES string of the molecule is OON(O)C12CCC(CC1)C2. The topological polar surface area (TPSA) is 52.9 Å². The summed E-state index contributed by atoms with van der Waals surface area (Å²) >= 11 is 0. The van der Waals surface area contributed by atoms with Crippen LogP contribution in [0.5, 0.6) is 0 Å². The molecular formula is C7H13NO3. The lowest BCUT2D eigenvalue weighted by Gasteiger charge is -2.30. The normalized spacial score (nSPS) is 42.3. The molecule has 11 heavy (non-hydrogen) atoms. The van der Waals surface area contributed by atoms with Gasteiger partial charge in [-0.25, -0.2) is 5.26 Å². The van der Waals surface area contributed by atoms with E-state index in [-0.39, 0.29) is 5.54 Å². The summed E-state index contributed by atoms with van der Waals surface area (Å²) in [6, 6.07) is 0. The molecule has 0 saturated heterocycles. The van der Waals surface area contributed by atoms with Crippen LogP contribution >= 0.6 is 0 Å². The predicted molar refractivity (Wildman–Crippen MR) is 36.6 cm³/mol. The average molecular weight is 159 g/mol. The van der Waals surface area contributed by atoms with Crippen molar-refractivity contribution in [3.05, 3.63) is 0 Å². The van der Waals surface area contributed by atoms with Crippen LogP contribution in [-0.4, -0.2) is 21.2 Å². The minimum atomic E-state index is -0.264. The monoisotopic (exact) mass is 159 g/mol. The highest BCUT2D eigenvalue weighted by molar-refractivity contribution is 4.99. The Morgan fingerprint density at radius 3 is 2.36 bits per heavy atom. The Bertz CT molecular complexity index is 154. The van der Waals surface area contributed by atoms with E-state index in [4.69, 9.17) is 5.26 Å². The molecule has 4 heteroatoms. The molecule has 0 aromatic heterocycles. The van der Waals surface area contributed by atoms with Gasteiger partial charge in [0.25, 0.3) is 0 Å². The Labute approximate surface area is 65.2 Å². The van der Waals surface area contributed by atoms with Crippen molar-refractivity contribution in [1.29, 1.82) is 0 Å². The van der Waals surface area contributed by atoms with Crippen LogP contribution in [0.3, 0.4) is 0 Å². The van der Waals surface area contributed by atoms with E-state index in [9.17, 15) is 5.21 Å². The van der Waals surface area contributed by atoms with Crippen LogP contribution in [0.2, 0.25) is 0 Å². The van der Waals surface area contributed by atoms with Crippen molar-refractivity contribution in [1.82, 2.24) is 5.23 Å². The first-order valence-electron chi connectivity index (χ1n) is 4.07. The van der Waals surface area contributed by atoms with E-state index < -0.39 is 0 Å². The molecular weight excluding hydrogens is 146 g/mol. The standard InChI is InChI=1S/C7H13NO3/c9-8(11-10)7-3-1-6(5-7)2-4-7/h6,9-10H,1-5H2. The number of nitrogens with zero attached hydrogens (tertiary/aromatic N) is 1. The zero-order valence-corrected chi connectivity index (χ0v) is 6.36. The maximum Gasteiger partial charge on any atom is 0.0768 e. The van der Waals surface area contributed by atoms with Crippen molar-refractivity contribution in [3.63, 3.8) is 0 Å². The molecule has 0 aromatic carbocycles. The fourth-order valence-electron chi connectivity index (χ4n) is 2.52. The predicted octanol–water partition coefficient (Wildman–Crippen LogP) is 1.41. The Balaban J connectivity index is 2.09. The maximum atomic E-state index is 9.20. The molecule has 0 spiro atoms. The lowest BCUT2D eigenvalue weighted by Crippen LogP contribution is -2.42. The molecule has 2 aliphatic rings. The lowest BCUT2D eigenvalue weighted by atomic mass is 9.95. The summed E-state index contributed by atoms with van der Waals surface area (Å²) < 4.78 is 0.